The van der Waals surface area contributed by atoms with Crippen molar-refractivity contribution in [1.82, 2.24) is 10.2 Å². The number of likely N-dealkylation sites (tertiary alicyclic amines) is 1. The van der Waals surface area contributed by atoms with Crippen LogP contribution in [0.2, 0.25) is 0 Å². The van der Waals surface area contributed by atoms with Gasteiger partial charge in [0, 0.05) is 26.2 Å². The standard InChI is InChI=1S/C11H18N2O2/c1-2-10(14)13-6-3-11(4-7-13)9-12-5-8-15-11/h2,12H,1,3-9H2. The molecule has 2 aliphatic heterocycles. The van der Waals surface area contributed by atoms with Gasteiger partial charge in [-0.25, -0.2) is 0 Å². The lowest BCUT2D eigenvalue weighted by Gasteiger charge is -2.43. The zero-order chi connectivity index (χ0) is 10.7. The first-order valence-corrected chi connectivity index (χ1v) is 5.52. The number of carbonyl (C=O) groups is 1. The molecule has 0 bridgehead atoms. The second kappa shape index (κ2) is 4.33. The molecule has 4 heteroatoms. The Morgan fingerprint density at radius 1 is 1.47 bits per heavy atom. The van der Waals surface area contributed by atoms with Gasteiger partial charge >= 0.3 is 0 Å². The lowest BCUT2D eigenvalue weighted by molar-refractivity contribution is -0.135. The van der Waals surface area contributed by atoms with Gasteiger partial charge in [-0.15, -0.1) is 0 Å². The first-order chi connectivity index (χ1) is 7.26. The molecule has 0 aromatic heterocycles. The third kappa shape index (κ3) is 2.21. The largest absolute Gasteiger partial charge is 0.372 e. The van der Waals surface area contributed by atoms with Crippen molar-refractivity contribution in [3.8, 4) is 0 Å². The lowest BCUT2D eigenvalue weighted by atomic mass is 9.90. The molecule has 0 saturated carbocycles. The molecule has 4 nitrogen and oxygen atoms in total. The molecule has 84 valence electrons. The number of carbonyl (C=O) groups excluding carboxylic acids is 1. The Morgan fingerprint density at radius 3 is 2.73 bits per heavy atom. The van der Waals surface area contributed by atoms with E-state index in [4.69, 9.17) is 4.74 Å². The molecule has 0 unspecified atom stereocenters. The molecule has 0 atom stereocenters. The van der Waals surface area contributed by atoms with E-state index in [-0.39, 0.29) is 11.5 Å². The third-order valence-corrected chi connectivity index (χ3v) is 3.30. The summed E-state index contributed by atoms with van der Waals surface area (Å²) in [5.74, 6) is 0.0358. The van der Waals surface area contributed by atoms with Gasteiger partial charge in [0.05, 0.1) is 12.2 Å². The SMILES string of the molecule is C=CC(=O)N1CCC2(CC1)CNCCO2. The Bertz CT molecular complexity index is 249. The van der Waals surface area contributed by atoms with Gasteiger partial charge in [-0.1, -0.05) is 6.58 Å². The summed E-state index contributed by atoms with van der Waals surface area (Å²) in [5.41, 5.74) is -0.0177. The van der Waals surface area contributed by atoms with Crippen molar-refractivity contribution in [1.29, 1.82) is 0 Å². The molecule has 0 aromatic rings. The summed E-state index contributed by atoms with van der Waals surface area (Å²) in [6, 6.07) is 0. The molecule has 0 aliphatic carbocycles. The molecule has 2 saturated heterocycles. The van der Waals surface area contributed by atoms with Crippen LogP contribution in [0.15, 0.2) is 12.7 Å². The number of hydrogen-bond acceptors (Lipinski definition) is 3. The topological polar surface area (TPSA) is 41.6 Å². The Hall–Kier alpha value is -0.870. The summed E-state index contributed by atoms with van der Waals surface area (Å²) in [6.07, 6.45) is 3.25. The zero-order valence-corrected chi connectivity index (χ0v) is 9.00. The Labute approximate surface area is 90.3 Å². The highest BCUT2D eigenvalue weighted by Crippen LogP contribution is 2.27. The summed E-state index contributed by atoms with van der Waals surface area (Å²) in [4.78, 5) is 13.2. The fraction of sp³-hybridized carbons (Fsp3) is 0.727. The number of nitrogens with zero attached hydrogens (tertiary/aromatic N) is 1. The maximum atomic E-state index is 11.4. The minimum absolute atomic E-state index is 0.0177. The average Bonchev–Trinajstić information content (AvgIpc) is 2.30. The van der Waals surface area contributed by atoms with E-state index in [0.29, 0.717) is 0 Å². The predicted molar refractivity (Wildman–Crippen MR) is 57.6 cm³/mol. The van der Waals surface area contributed by atoms with Gasteiger partial charge in [0.15, 0.2) is 0 Å². The Balaban J connectivity index is 1.90. The van der Waals surface area contributed by atoms with Crippen molar-refractivity contribution >= 4 is 5.91 Å². The second-order valence-corrected chi connectivity index (χ2v) is 4.24. The van der Waals surface area contributed by atoms with Gasteiger partial charge in [0.2, 0.25) is 5.91 Å². The van der Waals surface area contributed by atoms with E-state index in [1.165, 1.54) is 6.08 Å². The van der Waals surface area contributed by atoms with Crippen molar-refractivity contribution in [2.75, 3.05) is 32.8 Å². The van der Waals surface area contributed by atoms with Crippen LogP contribution < -0.4 is 5.32 Å². The quantitative estimate of drug-likeness (QED) is 0.627. The molecule has 2 heterocycles. The van der Waals surface area contributed by atoms with E-state index < -0.39 is 0 Å². The van der Waals surface area contributed by atoms with Crippen molar-refractivity contribution < 1.29 is 9.53 Å². The minimum Gasteiger partial charge on any atom is -0.372 e. The van der Waals surface area contributed by atoms with E-state index in [9.17, 15) is 4.79 Å². The summed E-state index contributed by atoms with van der Waals surface area (Å²) >= 11 is 0. The van der Waals surface area contributed by atoms with Crippen LogP contribution in [0.25, 0.3) is 0 Å². The summed E-state index contributed by atoms with van der Waals surface area (Å²) in [5, 5.41) is 3.35. The maximum Gasteiger partial charge on any atom is 0.245 e. The van der Waals surface area contributed by atoms with Gasteiger partial charge in [-0.05, 0) is 18.9 Å². The fourth-order valence-electron chi connectivity index (χ4n) is 2.29. The maximum absolute atomic E-state index is 11.4. The van der Waals surface area contributed by atoms with Gasteiger partial charge in [0.1, 0.15) is 0 Å². The highest BCUT2D eigenvalue weighted by Gasteiger charge is 2.37. The number of nitrogens with one attached hydrogen (secondary N) is 1. The Kier molecular flexibility index (Phi) is 3.07. The molecular formula is C11H18N2O2. The summed E-state index contributed by atoms with van der Waals surface area (Å²) in [7, 11) is 0. The smallest absolute Gasteiger partial charge is 0.245 e. The lowest BCUT2D eigenvalue weighted by Crippen LogP contribution is -2.56. The van der Waals surface area contributed by atoms with E-state index >= 15 is 0 Å². The van der Waals surface area contributed by atoms with Crippen molar-refractivity contribution in [2.45, 2.75) is 18.4 Å². The average molecular weight is 210 g/mol. The fourth-order valence-corrected chi connectivity index (χ4v) is 2.29. The summed E-state index contributed by atoms with van der Waals surface area (Å²) in [6.45, 7) is 7.72. The molecule has 1 amide bonds. The minimum atomic E-state index is -0.0177. The first-order valence-electron chi connectivity index (χ1n) is 5.52. The van der Waals surface area contributed by atoms with Crippen LogP contribution in [-0.2, 0) is 9.53 Å². The van der Waals surface area contributed by atoms with Crippen LogP contribution in [-0.4, -0.2) is 49.2 Å². The molecule has 0 radical (unpaired) electrons. The van der Waals surface area contributed by atoms with Crippen molar-refractivity contribution in [3.63, 3.8) is 0 Å². The second-order valence-electron chi connectivity index (χ2n) is 4.24. The number of hydrogen-bond donors (Lipinski definition) is 1. The molecule has 0 aromatic carbocycles. The molecular weight excluding hydrogens is 192 g/mol. The molecule has 1 spiro atoms. The van der Waals surface area contributed by atoms with Crippen molar-refractivity contribution in [3.05, 3.63) is 12.7 Å². The first kappa shape index (κ1) is 10.6. The molecule has 2 aliphatic rings. The van der Waals surface area contributed by atoms with Crippen LogP contribution >= 0.6 is 0 Å². The van der Waals surface area contributed by atoms with E-state index in [1.807, 2.05) is 4.90 Å². The summed E-state index contributed by atoms with van der Waals surface area (Å²) < 4.78 is 5.84. The third-order valence-electron chi connectivity index (χ3n) is 3.30. The monoisotopic (exact) mass is 210 g/mol. The van der Waals surface area contributed by atoms with E-state index in [2.05, 4.69) is 11.9 Å². The normalized spacial score (nSPS) is 25.2. The van der Waals surface area contributed by atoms with Crippen LogP contribution in [0.5, 0.6) is 0 Å². The van der Waals surface area contributed by atoms with Crippen LogP contribution in [0, 0.1) is 0 Å². The molecule has 2 fully saturated rings. The highest BCUT2D eigenvalue weighted by molar-refractivity contribution is 5.87. The zero-order valence-electron chi connectivity index (χ0n) is 9.00. The van der Waals surface area contributed by atoms with E-state index in [0.717, 1.165) is 45.6 Å². The number of amides is 1. The van der Waals surface area contributed by atoms with E-state index in [1.54, 1.807) is 0 Å². The van der Waals surface area contributed by atoms with Crippen LogP contribution in [0.3, 0.4) is 0 Å². The van der Waals surface area contributed by atoms with Gasteiger partial charge in [0.25, 0.3) is 0 Å². The number of rotatable bonds is 1. The highest BCUT2D eigenvalue weighted by atomic mass is 16.5. The Morgan fingerprint density at radius 2 is 2.20 bits per heavy atom. The van der Waals surface area contributed by atoms with Gasteiger partial charge in [-0.2, -0.15) is 0 Å². The van der Waals surface area contributed by atoms with Crippen LogP contribution in [0.4, 0.5) is 0 Å². The van der Waals surface area contributed by atoms with Gasteiger partial charge in [-0.3, -0.25) is 4.79 Å². The number of morpholine rings is 1. The van der Waals surface area contributed by atoms with Crippen molar-refractivity contribution in [2.24, 2.45) is 0 Å². The molecule has 2 rings (SSSR count). The van der Waals surface area contributed by atoms with Gasteiger partial charge < -0.3 is 15.0 Å². The molecule has 1 N–H and O–H groups in total. The number of ether oxygens (including phenoxy) is 1. The number of piperidine rings is 1. The molecule has 15 heavy (non-hydrogen) atoms. The predicted octanol–water partition coefficient (Wildman–Crippen LogP) is 0.153. The van der Waals surface area contributed by atoms with Crippen LogP contribution in [0.1, 0.15) is 12.8 Å².